The standard InChI is InChI=1S/C45H59N9O8S/c1-28-24-36(63(59,60)51-35-22-23-54(27-35)43(58)62-45(5,6)7)20-21-37(28)31-12-8-29(9-13-31)25-38(41(56)47-34-18-16-32(17-19-34)39-49-52-53-50-39)48-40(55)33-14-10-30(11-15-33)26-46-42(57)61-44(2,3)4/h8-9,12-13,16-21,24,30,33,35,38,51H,10-11,14-15,22-23,25-27H2,1-7H3,(H,46,57)(H,47,56)(H,48,55)(H,49,50,52,53)/t30?,33?,35-,38+/m1/s1. The van der Waals surface area contributed by atoms with E-state index in [4.69, 9.17) is 9.47 Å². The van der Waals surface area contributed by atoms with Gasteiger partial charge >= 0.3 is 12.2 Å². The van der Waals surface area contributed by atoms with Gasteiger partial charge in [-0.15, -0.1) is 10.2 Å². The van der Waals surface area contributed by atoms with Crippen LogP contribution < -0.4 is 20.7 Å². The summed E-state index contributed by atoms with van der Waals surface area (Å²) >= 11 is 0. The number of hydrogen-bond donors (Lipinski definition) is 5. The van der Waals surface area contributed by atoms with E-state index in [1.807, 2.05) is 52.0 Å². The van der Waals surface area contributed by atoms with Gasteiger partial charge in [0.05, 0.1) is 4.90 Å². The average Bonchev–Trinajstić information content (AvgIpc) is 3.93. The predicted octanol–water partition coefficient (Wildman–Crippen LogP) is 6.13. The van der Waals surface area contributed by atoms with Crippen LogP contribution in [0.5, 0.6) is 0 Å². The first kappa shape index (κ1) is 46.6. The van der Waals surface area contributed by atoms with E-state index in [9.17, 15) is 27.6 Å². The molecule has 338 valence electrons. The molecule has 17 nitrogen and oxygen atoms in total. The zero-order valence-corrected chi connectivity index (χ0v) is 37.8. The van der Waals surface area contributed by atoms with Gasteiger partial charge in [-0.05, 0) is 150 Å². The summed E-state index contributed by atoms with van der Waals surface area (Å²) in [7, 11) is -3.88. The lowest BCUT2D eigenvalue weighted by Gasteiger charge is -2.29. The summed E-state index contributed by atoms with van der Waals surface area (Å²) in [5, 5.41) is 22.8. The van der Waals surface area contributed by atoms with Crippen molar-refractivity contribution in [1.82, 2.24) is 40.9 Å². The molecule has 2 atom stereocenters. The predicted molar refractivity (Wildman–Crippen MR) is 237 cm³/mol. The number of tetrazole rings is 1. The minimum absolute atomic E-state index is 0.121. The van der Waals surface area contributed by atoms with Gasteiger partial charge in [-0.2, -0.15) is 5.21 Å². The van der Waals surface area contributed by atoms with Crippen LogP contribution in [0.3, 0.4) is 0 Å². The number of hydrogen-bond acceptors (Lipinski definition) is 11. The van der Waals surface area contributed by atoms with Gasteiger partial charge in [0.1, 0.15) is 17.2 Å². The molecule has 5 N–H and O–H groups in total. The van der Waals surface area contributed by atoms with Crippen molar-refractivity contribution in [2.45, 2.75) is 115 Å². The molecule has 1 aliphatic heterocycles. The molecular weight excluding hydrogens is 827 g/mol. The molecule has 0 radical (unpaired) electrons. The fourth-order valence-electron chi connectivity index (χ4n) is 7.71. The van der Waals surface area contributed by atoms with Crippen LogP contribution in [-0.4, -0.2) is 101 Å². The number of amides is 4. The first-order valence-corrected chi connectivity index (χ1v) is 22.8. The van der Waals surface area contributed by atoms with Crippen LogP contribution in [0.1, 0.15) is 84.8 Å². The van der Waals surface area contributed by atoms with Gasteiger partial charge in [0.15, 0.2) is 0 Å². The highest BCUT2D eigenvalue weighted by Gasteiger charge is 2.33. The highest BCUT2D eigenvalue weighted by Crippen LogP contribution is 2.30. The number of nitrogens with one attached hydrogen (secondary N) is 5. The summed E-state index contributed by atoms with van der Waals surface area (Å²) in [5.74, 6) is -0.243. The first-order chi connectivity index (χ1) is 29.7. The number of sulfonamides is 1. The maximum atomic E-state index is 13.9. The molecule has 0 unspecified atom stereocenters. The second-order valence-corrected chi connectivity index (χ2v) is 20.1. The van der Waals surface area contributed by atoms with Gasteiger partial charge in [0.2, 0.25) is 27.7 Å². The van der Waals surface area contributed by atoms with E-state index in [0.29, 0.717) is 49.4 Å². The number of likely N-dealkylation sites (tertiary alicyclic amines) is 1. The maximum absolute atomic E-state index is 13.9. The van der Waals surface area contributed by atoms with E-state index in [0.717, 1.165) is 35.1 Å². The van der Waals surface area contributed by atoms with E-state index in [-0.39, 0.29) is 41.5 Å². The van der Waals surface area contributed by atoms with Gasteiger partial charge in [-0.1, -0.05) is 30.3 Å². The second-order valence-electron chi connectivity index (χ2n) is 18.4. The fourth-order valence-corrected chi connectivity index (χ4v) is 9.05. The topological polar surface area (TPSA) is 227 Å². The molecular formula is C45H59N9O8S. The Hall–Kier alpha value is -5.88. The van der Waals surface area contributed by atoms with Crippen molar-refractivity contribution in [3.63, 3.8) is 0 Å². The third-order valence-electron chi connectivity index (χ3n) is 10.9. The SMILES string of the molecule is Cc1cc(S(=O)(=O)N[C@@H]2CCN(C(=O)OC(C)(C)C)C2)ccc1-c1ccc(C[C@H](NC(=O)C2CCC(CNC(=O)OC(C)(C)C)CC2)C(=O)Nc2ccc(-c3nn[nH]n3)cc2)cc1. The Morgan fingerprint density at radius 2 is 1.52 bits per heavy atom. The zero-order valence-electron chi connectivity index (χ0n) is 37.0. The molecule has 0 bridgehead atoms. The first-order valence-electron chi connectivity index (χ1n) is 21.3. The number of H-pyrrole nitrogens is 1. The molecule has 2 fully saturated rings. The Bertz CT molecular complexity index is 2340. The minimum atomic E-state index is -3.88. The van der Waals surface area contributed by atoms with Gasteiger partial charge in [-0.25, -0.2) is 22.7 Å². The molecule has 6 rings (SSSR count). The van der Waals surface area contributed by atoms with Crippen LogP contribution in [0.25, 0.3) is 22.5 Å². The number of aryl methyl sites for hydroxylation is 1. The monoisotopic (exact) mass is 885 g/mol. The van der Waals surface area contributed by atoms with Crippen molar-refractivity contribution >= 4 is 39.7 Å². The quantitative estimate of drug-likeness (QED) is 0.103. The third-order valence-corrected chi connectivity index (χ3v) is 12.4. The largest absolute Gasteiger partial charge is 0.444 e. The normalized spacial score (nSPS) is 18.6. The number of rotatable bonds is 13. The lowest BCUT2D eigenvalue weighted by atomic mass is 9.81. The highest BCUT2D eigenvalue weighted by molar-refractivity contribution is 7.89. The number of nitrogens with zero attached hydrogens (tertiary/aromatic N) is 4. The highest BCUT2D eigenvalue weighted by atomic mass is 32.2. The third kappa shape index (κ3) is 13.3. The van der Waals surface area contributed by atoms with E-state index < -0.39 is 45.5 Å². The Morgan fingerprint density at radius 3 is 2.14 bits per heavy atom. The Balaban J connectivity index is 1.10. The number of benzene rings is 3. The summed E-state index contributed by atoms with van der Waals surface area (Å²) < 4.78 is 40.4. The van der Waals surface area contributed by atoms with Crippen LogP contribution in [0, 0.1) is 18.8 Å². The molecule has 18 heteroatoms. The molecule has 0 spiro atoms. The summed E-state index contributed by atoms with van der Waals surface area (Å²) in [6.07, 6.45) is 2.49. The van der Waals surface area contributed by atoms with E-state index >= 15 is 0 Å². The van der Waals surface area contributed by atoms with Gasteiger partial charge in [-0.3, -0.25) is 9.59 Å². The molecule has 1 aliphatic carbocycles. The molecule has 4 aromatic rings. The van der Waals surface area contributed by atoms with Crippen molar-refractivity contribution in [2.75, 3.05) is 25.0 Å². The van der Waals surface area contributed by atoms with Crippen molar-refractivity contribution in [3.8, 4) is 22.5 Å². The second kappa shape index (κ2) is 19.7. The average molecular weight is 886 g/mol. The van der Waals surface area contributed by atoms with Crippen molar-refractivity contribution < 1.29 is 37.1 Å². The molecule has 1 aromatic heterocycles. The van der Waals surface area contributed by atoms with Crippen LogP contribution in [0.15, 0.2) is 71.6 Å². The van der Waals surface area contributed by atoms with Crippen LogP contribution in [-0.2, 0) is 35.5 Å². The summed E-state index contributed by atoms with van der Waals surface area (Å²) in [4.78, 5) is 54.0. The summed E-state index contributed by atoms with van der Waals surface area (Å²) in [6.45, 7) is 13.7. The molecule has 2 heterocycles. The van der Waals surface area contributed by atoms with Gasteiger partial charge in [0, 0.05) is 49.3 Å². The van der Waals surface area contributed by atoms with E-state index in [2.05, 4.69) is 41.3 Å². The molecule has 2 aliphatic rings. The van der Waals surface area contributed by atoms with Gasteiger partial charge < -0.3 is 30.3 Å². The van der Waals surface area contributed by atoms with Crippen molar-refractivity contribution in [1.29, 1.82) is 0 Å². The number of ether oxygens (including phenoxy) is 2. The molecule has 1 saturated heterocycles. The fraction of sp³-hybridized carbons (Fsp3) is 0.489. The number of carbonyl (C=O) groups excluding carboxylic acids is 4. The smallest absolute Gasteiger partial charge is 0.410 e. The number of carbonyl (C=O) groups is 4. The molecule has 1 saturated carbocycles. The maximum Gasteiger partial charge on any atom is 0.410 e. The van der Waals surface area contributed by atoms with Crippen molar-refractivity contribution in [3.05, 3.63) is 77.9 Å². The van der Waals surface area contributed by atoms with Crippen LogP contribution in [0.4, 0.5) is 15.3 Å². The van der Waals surface area contributed by atoms with Gasteiger partial charge in [0.25, 0.3) is 0 Å². The van der Waals surface area contributed by atoms with E-state index in [1.54, 1.807) is 63.2 Å². The van der Waals surface area contributed by atoms with E-state index in [1.165, 1.54) is 4.90 Å². The molecule has 63 heavy (non-hydrogen) atoms. The van der Waals surface area contributed by atoms with Crippen LogP contribution >= 0.6 is 0 Å². The number of aromatic amines is 1. The van der Waals surface area contributed by atoms with Crippen molar-refractivity contribution in [2.24, 2.45) is 11.8 Å². The zero-order chi connectivity index (χ0) is 45.5. The number of aromatic nitrogens is 4. The van der Waals surface area contributed by atoms with Crippen LogP contribution in [0.2, 0.25) is 0 Å². The lowest BCUT2D eigenvalue weighted by Crippen LogP contribution is -2.48. The molecule has 4 amide bonds. The minimum Gasteiger partial charge on any atom is -0.444 e. The molecule has 3 aromatic carbocycles. The Labute approximate surface area is 368 Å². The number of anilines is 1. The Kier molecular flexibility index (Phi) is 14.6. The number of alkyl carbamates (subject to hydrolysis) is 1. The summed E-state index contributed by atoms with van der Waals surface area (Å²) in [5.41, 5.74) is 3.24. The lowest BCUT2D eigenvalue weighted by molar-refractivity contribution is -0.130. The Morgan fingerprint density at radius 1 is 0.857 bits per heavy atom. The summed E-state index contributed by atoms with van der Waals surface area (Å²) in [6, 6.07) is 18.2.